The van der Waals surface area contributed by atoms with E-state index in [1.165, 1.54) is 0 Å². The maximum Gasteiger partial charge on any atom is 0.273 e. The van der Waals surface area contributed by atoms with Crippen molar-refractivity contribution in [3.05, 3.63) is 76.6 Å². The predicted octanol–water partition coefficient (Wildman–Crippen LogP) is 4.77. The Labute approximate surface area is 192 Å². The largest absolute Gasteiger partial charge is 0.489 e. The zero-order chi connectivity index (χ0) is 23.1. The lowest BCUT2D eigenvalue weighted by molar-refractivity contribution is 0.0944. The molecule has 0 bridgehead atoms. The average molecular weight is 455 g/mol. The molecule has 0 atom stereocenters. The van der Waals surface area contributed by atoms with Crippen molar-refractivity contribution in [2.45, 2.75) is 33.9 Å². The van der Waals surface area contributed by atoms with Crippen molar-refractivity contribution in [2.24, 2.45) is 5.92 Å². The van der Waals surface area contributed by atoms with Gasteiger partial charge in [0.05, 0.1) is 5.69 Å². The lowest BCUT2D eigenvalue weighted by Crippen LogP contribution is -2.28. The number of aromatic nitrogens is 2. The fraction of sp³-hybridized carbons (Fsp3) is 0.292. The van der Waals surface area contributed by atoms with Crippen molar-refractivity contribution in [1.82, 2.24) is 15.1 Å². The molecule has 0 spiro atoms. The van der Waals surface area contributed by atoms with Crippen molar-refractivity contribution < 1.29 is 14.3 Å². The molecule has 1 heterocycles. The Morgan fingerprint density at radius 2 is 1.91 bits per heavy atom. The number of rotatable bonds is 9. The third-order valence-corrected chi connectivity index (χ3v) is 4.85. The van der Waals surface area contributed by atoms with Crippen LogP contribution in [-0.4, -0.2) is 28.1 Å². The van der Waals surface area contributed by atoms with E-state index in [0.717, 1.165) is 5.56 Å². The van der Waals surface area contributed by atoms with Crippen molar-refractivity contribution in [3.63, 3.8) is 0 Å². The van der Waals surface area contributed by atoms with E-state index < -0.39 is 0 Å². The second kappa shape index (κ2) is 10.8. The fourth-order valence-corrected chi connectivity index (χ4v) is 3.12. The van der Waals surface area contributed by atoms with Gasteiger partial charge in [-0.05, 0) is 48.7 Å². The molecule has 0 aliphatic rings. The summed E-state index contributed by atoms with van der Waals surface area (Å²) in [5, 5.41) is 10.6. The maximum atomic E-state index is 12.9. The molecule has 0 aliphatic heterocycles. The number of carbonyl (C=O) groups is 2. The molecule has 2 aromatic carbocycles. The Balaban J connectivity index is 1.71. The highest BCUT2D eigenvalue weighted by Gasteiger charge is 2.19. The molecule has 0 fully saturated rings. The van der Waals surface area contributed by atoms with Crippen molar-refractivity contribution in [3.8, 4) is 5.75 Å². The molecule has 0 aliphatic carbocycles. The van der Waals surface area contributed by atoms with Crippen LogP contribution in [0.1, 0.15) is 47.2 Å². The minimum absolute atomic E-state index is 0.196. The molecular formula is C24H27ClN4O3. The first-order valence-corrected chi connectivity index (χ1v) is 10.9. The molecule has 2 amide bonds. The van der Waals surface area contributed by atoms with E-state index in [-0.39, 0.29) is 24.1 Å². The van der Waals surface area contributed by atoms with Gasteiger partial charge in [-0.15, -0.1) is 0 Å². The van der Waals surface area contributed by atoms with Gasteiger partial charge >= 0.3 is 0 Å². The second-order valence-electron chi connectivity index (χ2n) is 7.75. The van der Waals surface area contributed by atoms with E-state index in [1.807, 2.05) is 39.0 Å². The SMILES string of the molecule is CCn1cc(NC(=O)c2cccc(COc3cccc(Cl)c3)c2)c(C(=O)NCC(C)C)n1. The third-order valence-electron chi connectivity index (χ3n) is 4.61. The van der Waals surface area contributed by atoms with Crippen LogP contribution in [0.25, 0.3) is 0 Å². The Bertz CT molecular complexity index is 1090. The molecule has 8 heteroatoms. The molecular weight excluding hydrogens is 428 g/mol. The number of nitrogens with one attached hydrogen (secondary N) is 2. The lowest BCUT2D eigenvalue weighted by Gasteiger charge is -2.10. The minimum Gasteiger partial charge on any atom is -0.489 e. The molecule has 0 saturated heterocycles. The Morgan fingerprint density at radius 3 is 2.62 bits per heavy atom. The van der Waals surface area contributed by atoms with E-state index in [9.17, 15) is 9.59 Å². The molecule has 2 N–H and O–H groups in total. The fourth-order valence-electron chi connectivity index (χ4n) is 2.94. The summed E-state index contributed by atoms with van der Waals surface area (Å²) < 4.78 is 7.38. The third kappa shape index (κ3) is 6.34. The molecule has 32 heavy (non-hydrogen) atoms. The first kappa shape index (κ1) is 23.3. The minimum atomic E-state index is -0.330. The summed E-state index contributed by atoms with van der Waals surface area (Å²) in [6, 6.07) is 14.3. The van der Waals surface area contributed by atoms with Gasteiger partial charge in [0.25, 0.3) is 11.8 Å². The molecule has 0 radical (unpaired) electrons. The summed E-state index contributed by atoms with van der Waals surface area (Å²) in [7, 11) is 0. The van der Waals surface area contributed by atoms with E-state index in [2.05, 4.69) is 15.7 Å². The standard InChI is InChI=1S/C24H27ClN4O3/c1-4-29-14-21(22(28-29)24(31)26-13-16(2)3)27-23(30)18-8-5-7-17(11-18)15-32-20-10-6-9-19(25)12-20/h5-12,14,16H,4,13,15H2,1-3H3,(H,26,31)(H,27,30). The van der Waals surface area contributed by atoms with Crippen LogP contribution in [0.2, 0.25) is 5.02 Å². The van der Waals surface area contributed by atoms with Crippen molar-refractivity contribution in [1.29, 1.82) is 0 Å². The number of halogens is 1. The molecule has 168 valence electrons. The number of benzene rings is 2. The van der Waals surface area contributed by atoms with Crippen LogP contribution in [0.4, 0.5) is 5.69 Å². The highest BCUT2D eigenvalue weighted by Crippen LogP contribution is 2.20. The number of anilines is 1. The molecule has 0 unspecified atom stereocenters. The maximum absolute atomic E-state index is 12.9. The quantitative estimate of drug-likeness (QED) is 0.487. The lowest BCUT2D eigenvalue weighted by atomic mass is 10.1. The van der Waals surface area contributed by atoms with Gasteiger partial charge in [-0.1, -0.05) is 43.6 Å². The molecule has 1 aromatic heterocycles. The van der Waals surface area contributed by atoms with Gasteiger partial charge < -0.3 is 15.4 Å². The van der Waals surface area contributed by atoms with Crippen LogP contribution < -0.4 is 15.4 Å². The zero-order valence-corrected chi connectivity index (χ0v) is 19.1. The second-order valence-corrected chi connectivity index (χ2v) is 8.19. The van der Waals surface area contributed by atoms with E-state index >= 15 is 0 Å². The highest BCUT2D eigenvalue weighted by atomic mass is 35.5. The Kier molecular flexibility index (Phi) is 7.89. The van der Waals surface area contributed by atoms with Gasteiger partial charge in [-0.2, -0.15) is 5.10 Å². The summed E-state index contributed by atoms with van der Waals surface area (Å²) >= 11 is 5.98. The van der Waals surface area contributed by atoms with Crippen LogP contribution >= 0.6 is 11.6 Å². The summed E-state index contributed by atoms with van der Waals surface area (Å²) in [6.07, 6.45) is 1.66. The smallest absolute Gasteiger partial charge is 0.273 e. The van der Waals surface area contributed by atoms with E-state index in [1.54, 1.807) is 41.2 Å². The summed E-state index contributed by atoms with van der Waals surface area (Å²) in [4.78, 5) is 25.4. The van der Waals surface area contributed by atoms with Gasteiger partial charge in [0.2, 0.25) is 0 Å². The average Bonchev–Trinajstić information content (AvgIpc) is 3.19. The highest BCUT2D eigenvalue weighted by molar-refractivity contribution is 6.30. The first-order chi connectivity index (χ1) is 15.4. The number of hydrogen-bond donors (Lipinski definition) is 2. The predicted molar refractivity (Wildman–Crippen MR) is 125 cm³/mol. The Morgan fingerprint density at radius 1 is 1.12 bits per heavy atom. The monoisotopic (exact) mass is 454 g/mol. The molecule has 3 aromatic rings. The number of nitrogens with zero attached hydrogens (tertiary/aromatic N) is 2. The summed E-state index contributed by atoms with van der Waals surface area (Å²) in [5.41, 5.74) is 1.85. The molecule has 7 nitrogen and oxygen atoms in total. The van der Waals surface area contributed by atoms with Crippen LogP contribution in [0.15, 0.2) is 54.7 Å². The van der Waals surface area contributed by atoms with E-state index in [0.29, 0.717) is 41.0 Å². The van der Waals surface area contributed by atoms with Gasteiger partial charge in [-0.25, -0.2) is 0 Å². The van der Waals surface area contributed by atoms with Crippen LogP contribution in [-0.2, 0) is 13.2 Å². The molecule has 3 rings (SSSR count). The summed E-state index contributed by atoms with van der Waals surface area (Å²) in [5.74, 6) is 0.312. The molecule has 0 saturated carbocycles. The normalized spacial score (nSPS) is 10.8. The topological polar surface area (TPSA) is 85.2 Å². The zero-order valence-electron chi connectivity index (χ0n) is 18.4. The van der Waals surface area contributed by atoms with Gasteiger partial charge in [0.15, 0.2) is 5.69 Å². The number of hydrogen-bond acceptors (Lipinski definition) is 4. The first-order valence-electron chi connectivity index (χ1n) is 10.5. The van der Waals surface area contributed by atoms with E-state index in [4.69, 9.17) is 16.3 Å². The van der Waals surface area contributed by atoms with Crippen LogP contribution in [0.5, 0.6) is 5.75 Å². The Hall–Kier alpha value is -3.32. The van der Waals surface area contributed by atoms with Crippen molar-refractivity contribution in [2.75, 3.05) is 11.9 Å². The van der Waals surface area contributed by atoms with Crippen LogP contribution in [0.3, 0.4) is 0 Å². The van der Waals surface area contributed by atoms with Crippen molar-refractivity contribution >= 4 is 29.1 Å². The van der Waals surface area contributed by atoms with Gasteiger partial charge in [0.1, 0.15) is 12.4 Å². The van der Waals surface area contributed by atoms with Gasteiger partial charge in [0, 0.05) is 29.9 Å². The van der Waals surface area contributed by atoms with Crippen LogP contribution in [0, 0.1) is 5.92 Å². The number of ether oxygens (including phenoxy) is 1. The van der Waals surface area contributed by atoms with Gasteiger partial charge in [-0.3, -0.25) is 14.3 Å². The number of amides is 2. The number of carbonyl (C=O) groups excluding carboxylic acids is 2. The number of aryl methyl sites for hydroxylation is 1. The summed E-state index contributed by atoms with van der Waals surface area (Å²) in [6.45, 7) is 7.33.